The highest BCUT2D eigenvalue weighted by atomic mass is 32.2. The molecule has 1 aliphatic carbocycles. The molecule has 0 spiro atoms. The molecule has 1 aromatic rings. The van der Waals surface area contributed by atoms with Gasteiger partial charge in [-0.2, -0.15) is 0 Å². The van der Waals surface area contributed by atoms with E-state index in [2.05, 4.69) is 4.72 Å². The predicted octanol–water partition coefficient (Wildman–Crippen LogP) is 0.290. The number of sulfonamides is 1. The van der Waals surface area contributed by atoms with Gasteiger partial charge in [0.05, 0.1) is 56.4 Å². The first-order valence-corrected chi connectivity index (χ1v) is 13.3. The zero-order chi connectivity index (χ0) is 25.7. The molecule has 3 aliphatic heterocycles. The van der Waals surface area contributed by atoms with Gasteiger partial charge in [-0.25, -0.2) is 21.9 Å². The van der Waals surface area contributed by atoms with Crippen molar-refractivity contribution >= 4 is 47.3 Å². The van der Waals surface area contributed by atoms with Crippen molar-refractivity contribution in [3.8, 4) is 5.75 Å². The molecule has 0 aromatic heterocycles. The molecule has 8 radical (unpaired) electrons. The van der Waals surface area contributed by atoms with E-state index < -0.39 is 80.9 Å². The maximum absolute atomic E-state index is 14.9. The van der Waals surface area contributed by atoms with Crippen LogP contribution in [0, 0.1) is 11.6 Å². The van der Waals surface area contributed by atoms with E-state index >= 15 is 0 Å². The Kier molecular flexibility index (Phi) is 7.39. The first kappa shape index (κ1) is 26.5. The Morgan fingerprint density at radius 3 is 2.63 bits per heavy atom. The molecule has 1 saturated carbocycles. The van der Waals surface area contributed by atoms with E-state index in [-0.39, 0.29) is 18.6 Å². The number of nitrogens with zero attached hydrogens (tertiary/aromatic N) is 1. The number of fused-ring (bicyclic) bond motifs is 5. The van der Waals surface area contributed by atoms with Gasteiger partial charge in [-0.15, -0.1) is 0 Å². The Labute approximate surface area is 209 Å². The SMILES string of the molecule is [B][C@@H]1[C@@H]2C[C@H]([B])[C@@]([B])(c3cc(F)cc(F)c3OCC(=O)N3CCC[C@H](NS(C)(=O)=O)[C@@H]3CO2)[C@@H]1[B]. The molecule has 1 N–H and O–H groups in total. The molecule has 7 nitrogen and oxygen atoms in total. The summed E-state index contributed by atoms with van der Waals surface area (Å²) in [5, 5.41) is -1.68. The van der Waals surface area contributed by atoms with Crippen LogP contribution >= 0.6 is 0 Å². The van der Waals surface area contributed by atoms with Crippen LogP contribution in [0.4, 0.5) is 8.78 Å². The van der Waals surface area contributed by atoms with Gasteiger partial charge in [0.25, 0.3) is 5.91 Å². The molecular weight excluding hydrogens is 474 g/mol. The molecule has 1 aromatic carbocycles. The lowest BCUT2D eigenvalue weighted by molar-refractivity contribution is -0.140. The lowest BCUT2D eigenvalue weighted by Crippen LogP contribution is -2.60. The van der Waals surface area contributed by atoms with Crippen LogP contribution in [0.3, 0.4) is 0 Å². The number of rotatable bonds is 2. The fourth-order valence-electron chi connectivity index (χ4n) is 5.41. The summed E-state index contributed by atoms with van der Waals surface area (Å²) in [4.78, 5) is 14.6. The molecule has 4 aliphatic rings. The van der Waals surface area contributed by atoms with E-state index in [0.29, 0.717) is 25.5 Å². The quantitative estimate of drug-likeness (QED) is 0.594. The van der Waals surface area contributed by atoms with Crippen LogP contribution in [0.25, 0.3) is 0 Å². The fourth-order valence-corrected chi connectivity index (χ4v) is 6.24. The number of benzene rings is 1. The Morgan fingerprint density at radius 1 is 1.23 bits per heavy atom. The van der Waals surface area contributed by atoms with Crippen LogP contribution < -0.4 is 9.46 Å². The molecule has 1 amide bonds. The molecule has 7 atom stereocenters. The number of nitrogens with one attached hydrogen (secondary N) is 1. The highest BCUT2D eigenvalue weighted by Crippen LogP contribution is 2.56. The van der Waals surface area contributed by atoms with E-state index in [1.807, 2.05) is 0 Å². The van der Waals surface area contributed by atoms with Crippen molar-refractivity contribution < 1.29 is 31.5 Å². The molecule has 5 rings (SSSR count). The minimum Gasteiger partial charge on any atom is -0.480 e. The smallest absolute Gasteiger partial charge is 0.260 e. The maximum atomic E-state index is 14.9. The first-order chi connectivity index (χ1) is 16.3. The van der Waals surface area contributed by atoms with E-state index in [1.165, 1.54) is 4.90 Å². The van der Waals surface area contributed by atoms with Crippen LogP contribution in [0.2, 0.25) is 17.5 Å². The zero-order valence-corrected chi connectivity index (χ0v) is 20.1. The van der Waals surface area contributed by atoms with Crippen molar-refractivity contribution in [3.63, 3.8) is 0 Å². The fraction of sp³-hybridized carbons (Fsp3) is 0.667. The summed E-state index contributed by atoms with van der Waals surface area (Å²) in [5.41, 5.74) is -0.122. The Bertz CT molecular complexity index is 1100. The highest BCUT2D eigenvalue weighted by molar-refractivity contribution is 7.88. The second-order valence-corrected chi connectivity index (χ2v) is 11.4. The van der Waals surface area contributed by atoms with Gasteiger partial charge in [-0.1, -0.05) is 17.5 Å². The minimum atomic E-state index is -3.59. The van der Waals surface area contributed by atoms with Gasteiger partial charge in [0.2, 0.25) is 10.0 Å². The van der Waals surface area contributed by atoms with E-state index in [1.54, 1.807) is 0 Å². The van der Waals surface area contributed by atoms with Crippen molar-refractivity contribution in [1.29, 1.82) is 0 Å². The minimum absolute atomic E-state index is 0.0513. The predicted molar refractivity (Wildman–Crippen MR) is 129 cm³/mol. The molecule has 3 heterocycles. The lowest BCUT2D eigenvalue weighted by Gasteiger charge is -2.53. The highest BCUT2D eigenvalue weighted by Gasteiger charge is 2.49. The normalized spacial score (nSPS) is 36.2. The number of piperidine rings is 1. The number of hydrogen-bond donors (Lipinski definition) is 1. The van der Waals surface area contributed by atoms with Crippen LogP contribution in [0.15, 0.2) is 12.1 Å². The summed E-state index contributed by atoms with van der Waals surface area (Å²) in [6.07, 6.45) is 1.44. The summed E-state index contributed by atoms with van der Waals surface area (Å²) in [6, 6.07) is 0.303. The van der Waals surface area contributed by atoms with Crippen molar-refractivity contribution in [1.82, 2.24) is 9.62 Å². The topological polar surface area (TPSA) is 84.9 Å². The van der Waals surface area contributed by atoms with Crippen LogP contribution in [0.5, 0.6) is 5.75 Å². The molecular formula is C21H24B4F2N2O5S. The summed E-state index contributed by atoms with van der Waals surface area (Å²) in [5.74, 6) is -5.82. The number of carbonyl (C=O) groups is 1. The van der Waals surface area contributed by atoms with E-state index in [0.717, 1.165) is 12.3 Å². The third kappa shape index (κ3) is 5.03. The number of carbonyl (C=O) groups excluding carboxylic acids is 1. The van der Waals surface area contributed by atoms with Crippen molar-refractivity contribution in [3.05, 3.63) is 29.3 Å². The summed E-state index contributed by atoms with van der Waals surface area (Å²) in [7, 11) is 22.2. The average Bonchev–Trinajstić information content (AvgIpc) is 2.77. The summed E-state index contributed by atoms with van der Waals surface area (Å²) in [6.45, 7) is -0.342. The second kappa shape index (κ2) is 9.74. The maximum Gasteiger partial charge on any atom is 0.260 e. The molecule has 0 unspecified atom stereocenters. The van der Waals surface area contributed by atoms with Gasteiger partial charge in [0.1, 0.15) is 5.82 Å². The third-order valence-corrected chi connectivity index (χ3v) is 7.99. The number of halogens is 2. The van der Waals surface area contributed by atoms with Gasteiger partial charge in [-0.05, 0) is 36.2 Å². The van der Waals surface area contributed by atoms with E-state index in [9.17, 15) is 22.0 Å². The summed E-state index contributed by atoms with van der Waals surface area (Å²) < 4.78 is 67.4. The monoisotopic (exact) mass is 498 g/mol. The third-order valence-electron chi connectivity index (χ3n) is 7.26. The van der Waals surface area contributed by atoms with Gasteiger partial charge >= 0.3 is 0 Å². The van der Waals surface area contributed by atoms with Crippen molar-refractivity contribution in [2.24, 2.45) is 0 Å². The van der Waals surface area contributed by atoms with Crippen molar-refractivity contribution in [2.45, 2.75) is 60.2 Å². The van der Waals surface area contributed by atoms with Crippen LogP contribution in [-0.2, 0) is 24.9 Å². The van der Waals surface area contributed by atoms with Gasteiger partial charge in [0, 0.05) is 18.7 Å². The van der Waals surface area contributed by atoms with Crippen LogP contribution in [0.1, 0.15) is 24.8 Å². The molecule has 1 saturated heterocycles. The van der Waals surface area contributed by atoms with Gasteiger partial charge in [-0.3, -0.25) is 4.79 Å². The Hall–Kier alpha value is -1.52. The standard InChI is InChI=1S/C21H24B4F2N2O5S/c1-35(31,32)28-13-3-2-4-29-14(13)8-33-15-7-16(22)21(25,20(24)18(15)23)11-5-10(26)6-12(27)19(11)34-9-17(29)30/h5-6,13-16,18,20,28H,2-4,7-9H2,1H3/t13-,14-,15-,16-,18+,20+,21-/m0/s1. The van der Waals surface area contributed by atoms with E-state index in [4.69, 9.17) is 40.9 Å². The molecule has 2 fully saturated rings. The Balaban J connectivity index is 1.79. The van der Waals surface area contributed by atoms with Crippen molar-refractivity contribution in [2.75, 3.05) is 26.0 Å². The van der Waals surface area contributed by atoms with Crippen LogP contribution in [-0.4, -0.2) is 94.8 Å². The zero-order valence-electron chi connectivity index (χ0n) is 19.3. The van der Waals surface area contributed by atoms with Gasteiger partial charge < -0.3 is 14.4 Å². The number of ether oxygens (including phenoxy) is 2. The molecule has 180 valence electrons. The summed E-state index contributed by atoms with van der Waals surface area (Å²) >= 11 is 0. The second-order valence-electron chi connectivity index (χ2n) is 9.60. The average molecular weight is 498 g/mol. The molecule has 2 bridgehead atoms. The largest absolute Gasteiger partial charge is 0.480 e. The first-order valence-electron chi connectivity index (χ1n) is 11.4. The Morgan fingerprint density at radius 2 is 1.94 bits per heavy atom. The van der Waals surface area contributed by atoms with Gasteiger partial charge in [0.15, 0.2) is 18.2 Å². The molecule has 35 heavy (non-hydrogen) atoms. The molecule has 14 heteroatoms. The number of amides is 1. The lowest BCUT2D eigenvalue weighted by atomic mass is 9.34. The number of hydrogen-bond acceptors (Lipinski definition) is 5.